The average Bonchev–Trinajstić information content (AvgIpc) is 2.44. The Kier molecular flexibility index (Phi) is 10.4. The summed E-state index contributed by atoms with van der Waals surface area (Å²) >= 11 is 0. The first-order valence-electron chi connectivity index (χ1n) is 6.61. The molecule has 0 fully saturated rings. The molecule has 0 spiro atoms. The van der Waals surface area contributed by atoms with Crippen LogP contribution in [0.2, 0.25) is 0 Å². The Morgan fingerprint density at radius 3 is 2.00 bits per heavy atom. The van der Waals surface area contributed by atoms with E-state index < -0.39 is 0 Å². The minimum absolute atomic E-state index is 0.612. The van der Waals surface area contributed by atoms with Gasteiger partial charge in [0.25, 0.3) is 0 Å². The van der Waals surface area contributed by atoms with E-state index in [1.807, 2.05) is 12.1 Å². The standard InChI is InChI=1S/C14H22O2.CH5N/c1-4-12(5-2)13-6-8-14(9-7-13)16-11-10-15-3;1-2/h6-9,12H,4-5,10-11H2,1-3H3;2H2,1H3. The van der Waals surface area contributed by atoms with Gasteiger partial charge >= 0.3 is 0 Å². The normalized spacial score (nSPS) is 9.89. The molecule has 0 saturated carbocycles. The Balaban J connectivity index is 0.00000137. The second-order valence-electron chi connectivity index (χ2n) is 3.92. The van der Waals surface area contributed by atoms with E-state index in [-0.39, 0.29) is 0 Å². The highest BCUT2D eigenvalue weighted by Crippen LogP contribution is 2.24. The molecule has 0 bridgehead atoms. The summed E-state index contributed by atoms with van der Waals surface area (Å²) in [5, 5.41) is 0. The maximum Gasteiger partial charge on any atom is 0.119 e. The van der Waals surface area contributed by atoms with Crippen molar-refractivity contribution in [3.8, 4) is 5.75 Å². The summed E-state index contributed by atoms with van der Waals surface area (Å²) in [6.45, 7) is 5.71. The van der Waals surface area contributed by atoms with Crippen LogP contribution in [-0.2, 0) is 4.74 Å². The summed E-state index contributed by atoms with van der Waals surface area (Å²) in [7, 11) is 3.18. The van der Waals surface area contributed by atoms with Crippen LogP contribution in [0.4, 0.5) is 0 Å². The van der Waals surface area contributed by atoms with E-state index in [1.54, 1.807) is 7.11 Å². The van der Waals surface area contributed by atoms with E-state index in [0.29, 0.717) is 19.1 Å². The number of hydrogen-bond donors (Lipinski definition) is 1. The molecule has 0 aliphatic rings. The number of nitrogens with two attached hydrogens (primary N) is 1. The fraction of sp³-hybridized carbons (Fsp3) is 0.600. The van der Waals surface area contributed by atoms with E-state index in [2.05, 4.69) is 31.7 Å². The summed E-state index contributed by atoms with van der Waals surface area (Å²) in [5.41, 5.74) is 5.91. The lowest BCUT2D eigenvalue weighted by Gasteiger charge is -2.13. The summed E-state index contributed by atoms with van der Waals surface area (Å²) < 4.78 is 10.5. The van der Waals surface area contributed by atoms with Crippen LogP contribution in [0.15, 0.2) is 24.3 Å². The summed E-state index contributed by atoms with van der Waals surface area (Å²) in [5.74, 6) is 1.60. The van der Waals surface area contributed by atoms with Crippen molar-refractivity contribution in [3.05, 3.63) is 29.8 Å². The number of benzene rings is 1. The fourth-order valence-electron chi connectivity index (χ4n) is 1.84. The topological polar surface area (TPSA) is 44.5 Å². The number of hydrogen-bond acceptors (Lipinski definition) is 3. The zero-order valence-corrected chi connectivity index (χ0v) is 12.1. The van der Waals surface area contributed by atoms with Crippen LogP contribution in [0.1, 0.15) is 38.2 Å². The van der Waals surface area contributed by atoms with Crippen molar-refractivity contribution in [2.45, 2.75) is 32.6 Å². The molecule has 1 aromatic carbocycles. The molecule has 0 amide bonds. The van der Waals surface area contributed by atoms with Gasteiger partial charge in [-0.15, -0.1) is 0 Å². The number of ether oxygens (including phenoxy) is 2. The second kappa shape index (κ2) is 11.1. The molecule has 0 saturated heterocycles. The first-order valence-corrected chi connectivity index (χ1v) is 6.61. The first-order chi connectivity index (χ1) is 8.81. The van der Waals surface area contributed by atoms with Gasteiger partial charge in [-0.2, -0.15) is 0 Å². The zero-order chi connectivity index (χ0) is 13.8. The lowest BCUT2D eigenvalue weighted by molar-refractivity contribution is 0.146. The lowest BCUT2D eigenvalue weighted by Crippen LogP contribution is -2.04. The van der Waals surface area contributed by atoms with E-state index in [1.165, 1.54) is 25.5 Å². The van der Waals surface area contributed by atoms with E-state index in [9.17, 15) is 0 Å². The van der Waals surface area contributed by atoms with Gasteiger partial charge in [-0.1, -0.05) is 26.0 Å². The zero-order valence-electron chi connectivity index (χ0n) is 12.1. The highest BCUT2D eigenvalue weighted by atomic mass is 16.5. The van der Waals surface area contributed by atoms with Gasteiger partial charge in [0.1, 0.15) is 12.4 Å². The molecule has 0 atom stereocenters. The van der Waals surface area contributed by atoms with Crippen molar-refractivity contribution in [1.82, 2.24) is 0 Å². The largest absolute Gasteiger partial charge is 0.491 e. The van der Waals surface area contributed by atoms with Crippen molar-refractivity contribution in [2.75, 3.05) is 27.4 Å². The molecule has 0 aliphatic carbocycles. The van der Waals surface area contributed by atoms with Crippen LogP contribution in [0.5, 0.6) is 5.75 Å². The van der Waals surface area contributed by atoms with Gasteiger partial charge in [0.2, 0.25) is 0 Å². The Bertz CT molecular complexity index is 281. The Morgan fingerprint density at radius 1 is 1.00 bits per heavy atom. The Morgan fingerprint density at radius 2 is 1.56 bits per heavy atom. The smallest absolute Gasteiger partial charge is 0.119 e. The minimum Gasteiger partial charge on any atom is -0.491 e. The Labute approximate surface area is 111 Å². The van der Waals surface area contributed by atoms with Crippen LogP contribution in [-0.4, -0.2) is 27.4 Å². The maximum absolute atomic E-state index is 5.52. The molecule has 104 valence electrons. The maximum atomic E-state index is 5.52. The van der Waals surface area contributed by atoms with Crippen LogP contribution >= 0.6 is 0 Å². The summed E-state index contributed by atoms with van der Waals surface area (Å²) in [6.07, 6.45) is 2.39. The fourth-order valence-corrected chi connectivity index (χ4v) is 1.84. The molecule has 3 nitrogen and oxygen atoms in total. The average molecular weight is 253 g/mol. The Hall–Kier alpha value is -1.06. The monoisotopic (exact) mass is 253 g/mol. The highest BCUT2D eigenvalue weighted by Gasteiger charge is 2.06. The van der Waals surface area contributed by atoms with Crippen molar-refractivity contribution < 1.29 is 9.47 Å². The van der Waals surface area contributed by atoms with Crippen molar-refractivity contribution in [3.63, 3.8) is 0 Å². The molecule has 0 unspecified atom stereocenters. The van der Waals surface area contributed by atoms with Gasteiger partial charge < -0.3 is 15.2 Å². The molecule has 0 heterocycles. The second-order valence-corrected chi connectivity index (χ2v) is 3.92. The predicted octanol–water partition coefficient (Wildman–Crippen LogP) is 3.19. The van der Waals surface area contributed by atoms with Gasteiger partial charge in [-0.3, -0.25) is 0 Å². The van der Waals surface area contributed by atoms with Gasteiger partial charge in [-0.25, -0.2) is 0 Å². The number of methoxy groups -OCH3 is 1. The molecule has 18 heavy (non-hydrogen) atoms. The van der Waals surface area contributed by atoms with Crippen molar-refractivity contribution >= 4 is 0 Å². The molecular weight excluding hydrogens is 226 g/mol. The van der Waals surface area contributed by atoms with Gasteiger partial charge in [0.15, 0.2) is 0 Å². The van der Waals surface area contributed by atoms with E-state index >= 15 is 0 Å². The third kappa shape index (κ3) is 6.03. The van der Waals surface area contributed by atoms with Crippen LogP contribution in [0.3, 0.4) is 0 Å². The molecule has 0 aromatic heterocycles. The van der Waals surface area contributed by atoms with Gasteiger partial charge in [0, 0.05) is 7.11 Å². The van der Waals surface area contributed by atoms with Crippen LogP contribution in [0, 0.1) is 0 Å². The van der Waals surface area contributed by atoms with Crippen LogP contribution in [0.25, 0.3) is 0 Å². The molecule has 0 aliphatic heterocycles. The number of rotatable bonds is 7. The van der Waals surface area contributed by atoms with E-state index in [0.717, 1.165) is 5.75 Å². The van der Waals surface area contributed by atoms with Gasteiger partial charge in [0.05, 0.1) is 6.61 Å². The highest BCUT2D eigenvalue weighted by molar-refractivity contribution is 5.29. The third-order valence-corrected chi connectivity index (χ3v) is 2.89. The molecule has 1 rings (SSSR count). The van der Waals surface area contributed by atoms with Crippen molar-refractivity contribution in [1.29, 1.82) is 0 Å². The molecule has 3 heteroatoms. The third-order valence-electron chi connectivity index (χ3n) is 2.89. The molecule has 0 radical (unpaired) electrons. The molecular formula is C15H27NO2. The predicted molar refractivity (Wildman–Crippen MR) is 77.2 cm³/mol. The van der Waals surface area contributed by atoms with E-state index in [4.69, 9.17) is 9.47 Å². The summed E-state index contributed by atoms with van der Waals surface area (Å²) in [4.78, 5) is 0. The summed E-state index contributed by atoms with van der Waals surface area (Å²) in [6, 6.07) is 8.42. The molecule has 1 aromatic rings. The lowest BCUT2D eigenvalue weighted by atomic mass is 9.94. The minimum atomic E-state index is 0.612. The quantitative estimate of drug-likeness (QED) is 0.759. The molecule has 2 N–H and O–H groups in total. The van der Waals surface area contributed by atoms with Crippen LogP contribution < -0.4 is 10.5 Å². The van der Waals surface area contributed by atoms with Crippen molar-refractivity contribution in [2.24, 2.45) is 5.73 Å². The van der Waals surface area contributed by atoms with Gasteiger partial charge in [-0.05, 0) is 43.5 Å². The first kappa shape index (κ1) is 16.9. The SMILES string of the molecule is CCC(CC)c1ccc(OCCOC)cc1.CN.